The molecular formula is C18H20N2O5. The molecule has 0 aliphatic carbocycles. The third-order valence-electron chi connectivity index (χ3n) is 3.18. The Balaban J connectivity index is 1.98. The van der Waals surface area contributed by atoms with Crippen LogP contribution in [0.5, 0.6) is 0 Å². The second-order valence-corrected chi connectivity index (χ2v) is 5.75. The van der Waals surface area contributed by atoms with Crippen LogP contribution in [0.4, 0.5) is 5.69 Å². The average Bonchev–Trinajstić information content (AvgIpc) is 3.13. The molecule has 1 aromatic carbocycles. The predicted octanol–water partition coefficient (Wildman–Crippen LogP) is 2.46. The van der Waals surface area contributed by atoms with Crippen molar-refractivity contribution in [3.63, 3.8) is 0 Å². The first kappa shape index (κ1) is 18.3. The van der Waals surface area contributed by atoms with Crippen LogP contribution in [0.15, 0.2) is 47.1 Å². The van der Waals surface area contributed by atoms with Gasteiger partial charge in [-0.1, -0.05) is 26.0 Å². The summed E-state index contributed by atoms with van der Waals surface area (Å²) in [5.74, 6) is -1.14. The molecule has 0 radical (unpaired) electrons. The lowest BCUT2D eigenvalue weighted by Gasteiger charge is -2.11. The number of para-hydroxylation sites is 1. The molecule has 0 saturated carbocycles. The van der Waals surface area contributed by atoms with Crippen molar-refractivity contribution in [2.45, 2.75) is 13.8 Å². The maximum atomic E-state index is 12.2. The van der Waals surface area contributed by atoms with E-state index >= 15 is 0 Å². The largest absolute Gasteiger partial charge is 0.459 e. The monoisotopic (exact) mass is 344 g/mol. The first-order valence-electron chi connectivity index (χ1n) is 7.85. The normalized spacial score (nSPS) is 10.4. The van der Waals surface area contributed by atoms with Gasteiger partial charge in [0.25, 0.3) is 11.8 Å². The van der Waals surface area contributed by atoms with E-state index in [0.717, 1.165) is 0 Å². The van der Waals surface area contributed by atoms with Crippen LogP contribution < -0.4 is 10.6 Å². The van der Waals surface area contributed by atoms with Gasteiger partial charge in [0.2, 0.25) is 0 Å². The van der Waals surface area contributed by atoms with Crippen molar-refractivity contribution < 1.29 is 23.5 Å². The van der Waals surface area contributed by atoms with Crippen LogP contribution in [-0.2, 0) is 9.53 Å². The van der Waals surface area contributed by atoms with Gasteiger partial charge in [-0.25, -0.2) is 4.79 Å². The molecule has 0 spiro atoms. The Morgan fingerprint density at radius 1 is 1.12 bits per heavy atom. The zero-order valence-electron chi connectivity index (χ0n) is 14.1. The molecule has 0 unspecified atom stereocenters. The molecule has 25 heavy (non-hydrogen) atoms. The van der Waals surface area contributed by atoms with E-state index in [-0.39, 0.29) is 29.5 Å². The summed E-state index contributed by atoms with van der Waals surface area (Å²) >= 11 is 0. The van der Waals surface area contributed by atoms with Crippen molar-refractivity contribution >= 4 is 23.5 Å². The number of furan rings is 1. The van der Waals surface area contributed by atoms with Crippen molar-refractivity contribution in [2.24, 2.45) is 5.92 Å². The second-order valence-electron chi connectivity index (χ2n) is 5.75. The fourth-order valence-corrected chi connectivity index (χ4v) is 1.94. The Bertz CT molecular complexity index is 738. The Kier molecular flexibility index (Phi) is 6.33. The number of rotatable bonds is 7. The van der Waals surface area contributed by atoms with E-state index in [2.05, 4.69) is 10.6 Å². The number of hydrogen-bond donors (Lipinski definition) is 2. The van der Waals surface area contributed by atoms with Gasteiger partial charge in [0, 0.05) is 6.54 Å². The van der Waals surface area contributed by atoms with Crippen molar-refractivity contribution in [1.82, 2.24) is 5.32 Å². The number of carbonyl (C=O) groups is 3. The number of carbonyl (C=O) groups excluding carboxylic acids is 3. The number of esters is 1. The lowest BCUT2D eigenvalue weighted by molar-refractivity contribution is -0.124. The molecule has 0 atom stereocenters. The third kappa shape index (κ3) is 5.49. The maximum Gasteiger partial charge on any atom is 0.340 e. The highest BCUT2D eigenvalue weighted by atomic mass is 16.5. The molecule has 0 fully saturated rings. The van der Waals surface area contributed by atoms with Gasteiger partial charge in [-0.05, 0) is 30.2 Å². The summed E-state index contributed by atoms with van der Waals surface area (Å²) in [6.45, 7) is 4.05. The standard InChI is InChI=1S/C18H20N2O5/c1-12(2)10-19-16(21)11-25-18(23)13-6-3-4-7-14(13)20-17(22)15-8-5-9-24-15/h3-9,12H,10-11H2,1-2H3,(H,19,21)(H,20,22). The number of hydrogen-bond acceptors (Lipinski definition) is 5. The second kappa shape index (κ2) is 8.68. The van der Waals surface area contributed by atoms with Crippen molar-refractivity contribution in [3.8, 4) is 0 Å². The summed E-state index contributed by atoms with van der Waals surface area (Å²) in [5, 5.41) is 5.24. The van der Waals surface area contributed by atoms with Crippen molar-refractivity contribution in [3.05, 3.63) is 54.0 Å². The zero-order valence-corrected chi connectivity index (χ0v) is 14.1. The molecule has 2 aromatic rings. The number of ether oxygens (including phenoxy) is 1. The molecular weight excluding hydrogens is 324 g/mol. The number of nitrogens with one attached hydrogen (secondary N) is 2. The van der Waals surface area contributed by atoms with E-state index in [1.54, 1.807) is 24.3 Å². The number of anilines is 1. The van der Waals surface area contributed by atoms with E-state index in [1.807, 2.05) is 13.8 Å². The SMILES string of the molecule is CC(C)CNC(=O)COC(=O)c1ccccc1NC(=O)c1ccco1. The summed E-state index contributed by atoms with van der Waals surface area (Å²) in [5.41, 5.74) is 0.426. The van der Waals surface area contributed by atoms with Crippen molar-refractivity contribution in [1.29, 1.82) is 0 Å². The van der Waals surface area contributed by atoms with E-state index in [0.29, 0.717) is 12.5 Å². The molecule has 1 aromatic heterocycles. The summed E-state index contributed by atoms with van der Waals surface area (Å²) in [7, 11) is 0. The number of amides is 2. The highest BCUT2D eigenvalue weighted by molar-refractivity contribution is 6.06. The summed E-state index contributed by atoms with van der Waals surface area (Å²) in [6.07, 6.45) is 1.38. The Labute approximate surface area is 145 Å². The summed E-state index contributed by atoms with van der Waals surface area (Å²) < 4.78 is 10.0. The van der Waals surface area contributed by atoms with Gasteiger partial charge in [0.15, 0.2) is 12.4 Å². The van der Waals surface area contributed by atoms with E-state index < -0.39 is 11.9 Å². The van der Waals surface area contributed by atoms with Crippen LogP contribution in [0, 0.1) is 5.92 Å². The van der Waals surface area contributed by atoms with Crippen LogP contribution >= 0.6 is 0 Å². The first-order valence-corrected chi connectivity index (χ1v) is 7.85. The average molecular weight is 344 g/mol. The van der Waals surface area contributed by atoms with Crippen LogP contribution in [0.1, 0.15) is 34.8 Å². The molecule has 2 rings (SSSR count). The molecule has 132 valence electrons. The van der Waals surface area contributed by atoms with Gasteiger partial charge < -0.3 is 19.8 Å². The Hall–Kier alpha value is -3.09. The Morgan fingerprint density at radius 2 is 1.88 bits per heavy atom. The molecule has 7 heteroatoms. The summed E-state index contributed by atoms with van der Waals surface area (Å²) in [6, 6.07) is 9.48. The highest BCUT2D eigenvalue weighted by Crippen LogP contribution is 2.17. The fourth-order valence-electron chi connectivity index (χ4n) is 1.94. The number of benzene rings is 1. The minimum absolute atomic E-state index is 0.122. The molecule has 2 amide bonds. The predicted molar refractivity (Wildman–Crippen MR) is 91.2 cm³/mol. The molecule has 0 saturated heterocycles. The van der Waals surface area contributed by atoms with Crippen LogP contribution in [0.2, 0.25) is 0 Å². The fraction of sp³-hybridized carbons (Fsp3) is 0.278. The topological polar surface area (TPSA) is 97.6 Å². The molecule has 0 bridgehead atoms. The van der Waals surface area contributed by atoms with Crippen LogP contribution in [0.25, 0.3) is 0 Å². The van der Waals surface area contributed by atoms with Gasteiger partial charge >= 0.3 is 5.97 Å². The van der Waals surface area contributed by atoms with Gasteiger partial charge in [0.05, 0.1) is 17.5 Å². The smallest absolute Gasteiger partial charge is 0.340 e. The van der Waals surface area contributed by atoms with E-state index in [4.69, 9.17) is 9.15 Å². The highest BCUT2D eigenvalue weighted by Gasteiger charge is 2.17. The quantitative estimate of drug-likeness (QED) is 0.752. The van der Waals surface area contributed by atoms with Gasteiger partial charge in [-0.15, -0.1) is 0 Å². The molecule has 0 aliphatic rings. The van der Waals surface area contributed by atoms with Crippen LogP contribution in [0.3, 0.4) is 0 Å². The van der Waals surface area contributed by atoms with Gasteiger partial charge in [-0.3, -0.25) is 9.59 Å². The lowest BCUT2D eigenvalue weighted by atomic mass is 10.1. The first-order chi connectivity index (χ1) is 12.0. The van der Waals surface area contributed by atoms with E-state index in [9.17, 15) is 14.4 Å². The summed E-state index contributed by atoms with van der Waals surface area (Å²) in [4.78, 5) is 35.9. The zero-order chi connectivity index (χ0) is 18.2. The molecule has 2 N–H and O–H groups in total. The Morgan fingerprint density at radius 3 is 2.56 bits per heavy atom. The maximum absolute atomic E-state index is 12.2. The lowest BCUT2D eigenvalue weighted by Crippen LogP contribution is -2.31. The minimum Gasteiger partial charge on any atom is -0.459 e. The molecule has 0 aliphatic heterocycles. The van der Waals surface area contributed by atoms with Gasteiger partial charge in [0.1, 0.15) is 0 Å². The van der Waals surface area contributed by atoms with E-state index in [1.165, 1.54) is 18.4 Å². The minimum atomic E-state index is -0.699. The van der Waals surface area contributed by atoms with Gasteiger partial charge in [-0.2, -0.15) is 0 Å². The van der Waals surface area contributed by atoms with Crippen LogP contribution in [-0.4, -0.2) is 30.9 Å². The molecule has 7 nitrogen and oxygen atoms in total. The third-order valence-corrected chi connectivity index (χ3v) is 3.18. The van der Waals surface area contributed by atoms with Crippen molar-refractivity contribution in [2.75, 3.05) is 18.5 Å². The molecule has 1 heterocycles.